The molecule has 1 unspecified atom stereocenters. The molecule has 2 aliphatic heterocycles. The zero-order chi connectivity index (χ0) is 28.7. The van der Waals surface area contributed by atoms with Gasteiger partial charge in [0.15, 0.2) is 11.5 Å². The van der Waals surface area contributed by atoms with Crippen molar-refractivity contribution in [2.45, 2.75) is 37.6 Å². The number of amides is 1. The number of carbonyl (C=O) groups is 1. The van der Waals surface area contributed by atoms with Crippen LogP contribution in [0.1, 0.15) is 25.8 Å². The van der Waals surface area contributed by atoms with Crippen molar-refractivity contribution in [2.75, 3.05) is 51.2 Å². The molecule has 0 aromatic heterocycles. The average molecular weight is 596 g/mol. The summed E-state index contributed by atoms with van der Waals surface area (Å²) < 4.78 is 44.9. The van der Waals surface area contributed by atoms with Gasteiger partial charge in [-0.15, -0.1) is 11.8 Å². The quantitative estimate of drug-likeness (QED) is 0.246. The largest absolute Gasteiger partial charge is 0.492 e. The Morgan fingerprint density at radius 3 is 2.58 bits per heavy atom. The van der Waals surface area contributed by atoms with Gasteiger partial charge in [-0.3, -0.25) is 10.1 Å². The topological polar surface area (TPSA) is 129 Å². The van der Waals surface area contributed by atoms with E-state index in [4.69, 9.17) is 14.2 Å². The fraction of sp³-hybridized carbons (Fsp3) is 0.519. The molecule has 1 amide bonds. The third-order valence-corrected chi connectivity index (χ3v) is 9.58. The summed E-state index contributed by atoms with van der Waals surface area (Å²) in [4.78, 5) is 14.1. The third kappa shape index (κ3) is 7.94. The number of nitrogens with zero attached hydrogens (tertiary/aromatic N) is 3. The Balaban J connectivity index is 1.42. The highest BCUT2D eigenvalue weighted by molar-refractivity contribution is 7.99. The number of sulfonamides is 1. The molecule has 0 saturated carbocycles. The molecule has 1 saturated heterocycles. The number of carboxylic acid groups (broad SMARTS) is 1. The lowest BCUT2D eigenvalue weighted by atomic mass is 10.0. The van der Waals surface area contributed by atoms with Crippen LogP contribution in [0, 0.1) is 5.92 Å². The molecular weight excluding hydrogens is 558 g/mol. The summed E-state index contributed by atoms with van der Waals surface area (Å²) in [7, 11) is -3.92. The van der Waals surface area contributed by atoms with Gasteiger partial charge in [0.25, 0.3) is 0 Å². The van der Waals surface area contributed by atoms with Gasteiger partial charge in [0.2, 0.25) is 16.8 Å². The first-order chi connectivity index (χ1) is 19.1. The van der Waals surface area contributed by atoms with Gasteiger partial charge in [0.05, 0.1) is 10.9 Å². The van der Waals surface area contributed by atoms with E-state index < -0.39 is 22.2 Å². The summed E-state index contributed by atoms with van der Waals surface area (Å²) >= 11 is 1.91. The lowest BCUT2D eigenvalue weighted by molar-refractivity contribution is -0.0984. The zero-order valence-corrected chi connectivity index (χ0v) is 24.4. The molecule has 220 valence electrons. The molecule has 2 heterocycles. The van der Waals surface area contributed by atoms with Crippen LogP contribution in [0.15, 0.2) is 47.4 Å². The van der Waals surface area contributed by atoms with Crippen LogP contribution in [0.5, 0.6) is 17.2 Å². The summed E-state index contributed by atoms with van der Waals surface area (Å²) in [5, 5.41) is 20.1. The van der Waals surface area contributed by atoms with Gasteiger partial charge in [0, 0.05) is 43.9 Å². The van der Waals surface area contributed by atoms with Crippen molar-refractivity contribution < 1.29 is 37.7 Å². The van der Waals surface area contributed by atoms with E-state index >= 15 is 0 Å². The van der Waals surface area contributed by atoms with Crippen LogP contribution in [-0.4, -0.2) is 96.3 Å². The predicted molar refractivity (Wildman–Crippen MR) is 151 cm³/mol. The summed E-state index contributed by atoms with van der Waals surface area (Å²) in [5.41, 5.74) is 0.794. The number of hydroxylamine groups is 2. The van der Waals surface area contributed by atoms with Crippen molar-refractivity contribution in [3.63, 3.8) is 0 Å². The Kier molecular flexibility index (Phi) is 10.4. The number of benzene rings is 2. The van der Waals surface area contributed by atoms with Crippen molar-refractivity contribution >= 4 is 27.9 Å². The highest BCUT2D eigenvalue weighted by Gasteiger charge is 2.30. The smallest absolute Gasteiger partial charge is 0.431 e. The molecule has 1 atom stereocenters. The monoisotopic (exact) mass is 595 g/mol. The van der Waals surface area contributed by atoms with Crippen LogP contribution in [-0.2, 0) is 16.4 Å². The normalized spacial score (nSPS) is 16.0. The first-order valence-corrected chi connectivity index (χ1v) is 15.9. The third-order valence-electron chi connectivity index (χ3n) is 6.70. The molecule has 1 fully saturated rings. The molecule has 2 aromatic carbocycles. The molecule has 2 aromatic rings. The fourth-order valence-electron chi connectivity index (χ4n) is 4.58. The molecule has 2 aliphatic rings. The molecule has 0 aliphatic carbocycles. The van der Waals surface area contributed by atoms with E-state index in [0.29, 0.717) is 23.9 Å². The molecule has 13 heteroatoms. The fourth-order valence-corrected chi connectivity index (χ4v) is 7.24. The highest BCUT2D eigenvalue weighted by Crippen LogP contribution is 2.35. The van der Waals surface area contributed by atoms with E-state index in [2.05, 4.69) is 4.90 Å². The molecule has 40 heavy (non-hydrogen) atoms. The minimum Gasteiger partial charge on any atom is -0.492 e. The van der Waals surface area contributed by atoms with Crippen molar-refractivity contribution in [1.29, 1.82) is 0 Å². The Morgan fingerprint density at radius 1 is 1.15 bits per heavy atom. The molecule has 11 nitrogen and oxygen atoms in total. The Morgan fingerprint density at radius 2 is 1.90 bits per heavy atom. The first kappa shape index (κ1) is 30.3. The Labute approximate surface area is 239 Å². The maximum Gasteiger partial charge on any atom is 0.431 e. The number of ether oxygens (including phenoxy) is 3. The van der Waals surface area contributed by atoms with Gasteiger partial charge in [-0.25, -0.2) is 13.2 Å². The first-order valence-electron chi connectivity index (χ1n) is 13.3. The molecule has 4 rings (SSSR count). The minimum absolute atomic E-state index is 0.0138. The van der Waals surface area contributed by atoms with E-state index in [0.717, 1.165) is 30.3 Å². The van der Waals surface area contributed by atoms with E-state index in [1.54, 1.807) is 6.07 Å². The summed E-state index contributed by atoms with van der Waals surface area (Å²) in [6.45, 7) is 6.59. The number of hydrogen-bond acceptors (Lipinski definition) is 9. The molecule has 0 bridgehead atoms. The zero-order valence-electron chi connectivity index (χ0n) is 22.8. The van der Waals surface area contributed by atoms with Gasteiger partial charge in [-0.05, 0) is 48.6 Å². The van der Waals surface area contributed by atoms with Crippen molar-refractivity contribution in [3.8, 4) is 17.2 Å². The van der Waals surface area contributed by atoms with Crippen LogP contribution in [0.2, 0.25) is 0 Å². The van der Waals surface area contributed by atoms with Crippen LogP contribution < -0.4 is 14.2 Å². The Bertz CT molecular complexity index is 1240. The number of fused-ring (bicyclic) bond motifs is 1. The molecular formula is C27H37N3O8S2. The maximum absolute atomic E-state index is 13.6. The summed E-state index contributed by atoms with van der Waals surface area (Å²) in [6.07, 6.45) is -1.21. The highest BCUT2D eigenvalue weighted by atomic mass is 32.2. The van der Waals surface area contributed by atoms with E-state index in [9.17, 15) is 23.5 Å². The van der Waals surface area contributed by atoms with Gasteiger partial charge in [-0.2, -0.15) is 9.37 Å². The van der Waals surface area contributed by atoms with E-state index in [1.807, 2.05) is 49.9 Å². The molecule has 0 spiro atoms. The van der Waals surface area contributed by atoms with Crippen molar-refractivity contribution in [3.05, 3.63) is 48.0 Å². The van der Waals surface area contributed by atoms with Crippen LogP contribution in [0.25, 0.3) is 0 Å². The Hall–Kier alpha value is -2.71. The average Bonchev–Trinajstić information content (AvgIpc) is 3.62. The van der Waals surface area contributed by atoms with E-state index in [-0.39, 0.29) is 48.6 Å². The van der Waals surface area contributed by atoms with Crippen molar-refractivity contribution in [2.24, 2.45) is 5.92 Å². The van der Waals surface area contributed by atoms with Gasteiger partial charge in [-0.1, -0.05) is 26.0 Å². The number of thioether (sulfide) groups is 1. The summed E-state index contributed by atoms with van der Waals surface area (Å²) in [6, 6.07) is 10.9. The molecule has 0 radical (unpaired) electrons. The van der Waals surface area contributed by atoms with Gasteiger partial charge >= 0.3 is 6.09 Å². The van der Waals surface area contributed by atoms with Crippen molar-refractivity contribution in [1.82, 2.24) is 14.3 Å². The second-order valence-corrected chi connectivity index (χ2v) is 13.2. The maximum atomic E-state index is 13.6. The van der Waals surface area contributed by atoms with Crippen LogP contribution in [0.4, 0.5) is 4.79 Å². The lowest BCUT2D eigenvalue weighted by Gasteiger charge is -2.28. The predicted octanol–water partition coefficient (Wildman–Crippen LogP) is 3.82. The van der Waals surface area contributed by atoms with Crippen LogP contribution >= 0.6 is 11.8 Å². The lowest BCUT2D eigenvalue weighted by Crippen LogP contribution is -2.42. The number of hydrogen-bond donors (Lipinski definition) is 2. The molecule has 2 N–H and O–H groups in total. The number of rotatable bonds is 14. The van der Waals surface area contributed by atoms with Crippen LogP contribution in [0.3, 0.4) is 0 Å². The second-order valence-electron chi connectivity index (χ2n) is 10.2. The minimum atomic E-state index is -3.92. The summed E-state index contributed by atoms with van der Waals surface area (Å²) in [5.74, 6) is 3.74. The van der Waals surface area contributed by atoms with Gasteiger partial charge in [0.1, 0.15) is 12.4 Å². The second kappa shape index (κ2) is 13.8. The van der Waals surface area contributed by atoms with E-state index in [1.165, 1.54) is 16.4 Å². The standard InChI is InChI=1S/C27H37N3O8S2/c1-20(2)17-29(40(34,35)24-7-8-25-26(16-24)38-19-37-25)10-9-22(30(33)27(31)32)15-21-3-5-23(6-4-21)36-13-11-28-12-14-39-18-28/h3-8,16,20,22,33H,9-15,17-19H2,1-2H3,(H,31,32). The van der Waals surface area contributed by atoms with Gasteiger partial charge < -0.3 is 19.3 Å². The SMILES string of the molecule is CC(C)CN(CCC(Cc1ccc(OCCN2CCSC2)cc1)N(O)C(=O)O)S(=O)(=O)c1ccc2c(c1)OCO2.